The van der Waals surface area contributed by atoms with Crippen molar-refractivity contribution in [3.63, 3.8) is 0 Å². The molecule has 1 aromatic carbocycles. The minimum Gasteiger partial charge on any atom is -0.431 e. The first kappa shape index (κ1) is 26.6. The number of ether oxygens (including phenoxy) is 2. The highest BCUT2D eigenvalue weighted by Gasteiger charge is 2.75. The maximum absolute atomic E-state index is 14.4. The van der Waals surface area contributed by atoms with Crippen LogP contribution in [0.4, 0.5) is 0 Å². The number of hydrogen-bond donors (Lipinski definition) is 1. The molecule has 1 N–H and O–H groups in total. The molecule has 1 aromatic heterocycles. The summed E-state index contributed by atoms with van der Waals surface area (Å²) in [6.45, 7) is 6.42. The van der Waals surface area contributed by atoms with E-state index in [2.05, 4.69) is 25.8 Å². The number of hydrogen-bond acceptors (Lipinski definition) is 8. The molecular weight excluding hydrogens is 526 g/mol. The fourth-order valence-electron chi connectivity index (χ4n) is 9.15. The Balaban J connectivity index is 1.22. The molecular formula is C32H37NO6S. The van der Waals surface area contributed by atoms with Crippen LogP contribution in [0.5, 0.6) is 0 Å². The lowest BCUT2D eigenvalue weighted by Gasteiger charge is -2.59. The zero-order valence-corrected chi connectivity index (χ0v) is 24.1. The molecule has 9 atom stereocenters. The lowest BCUT2D eigenvalue weighted by Crippen LogP contribution is -2.63. The van der Waals surface area contributed by atoms with Crippen LogP contribution in [-0.2, 0) is 19.1 Å². The summed E-state index contributed by atoms with van der Waals surface area (Å²) in [6, 6.07) is 7.59. The van der Waals surface area contributed by atoms with Crippen LogP contribution in [0.2, 0.25) is 0 Å². The maximum atomic E-state index is 14.4. The van der Waals surface area contributed by atoms with Gasteiger partial charge >= 0.3 is 0 Å². The number of Topliss-reactive ketones (excluding diaryl/α,β-unsaturated/α-hetero) is 1. The van der Waals surface area contributed by atoms with Gasteiger partial charge in [0.2, 0.25) is 0 Å². The average Bonchev–Trinajstić information content (AvgIpc) is 3.57. The van der Waals surface area contributed by atoms with Crippen molar-refractivity contribution >= 4 is 34.4 Å². The van der Waals surface area contributed by atoms with E-state index in [1.54, 1.807) is 12.2 Å². The number of rotatable bonds is 6. The van der Waals surface area contributed by atoms with Crippen LogP contribution >= 0.6 is 11.8 Å². The van der Waals surface area contributed by atoms with Crippen molar-refractivity contribution in [3.05, 3.63) is 48.1 Å². The third-order valence-corrected chi connectivity index (χ3v) is 11.7. The molecule has 2 aromatic rings. The van der Waals surface area contributed by atoms with Gasteiger partial charge in [-0.05, 0) is 68.2 Å². The summed E-state index contributed by atoms with van der Waals surface area (Å²) in [5.41, 5.74) is 0.524. The van der Waals surface area contributed by atoms with E-state index in [1.165, 1.54) is 11.8 Å². The predicted octanol–water partition coefficient (Wildman–Crippen LogP) is 5.66. The number of nitrogens with zero attached hydrogens (tertiary/aromatic N) is 1. The minimum atomic E-state index is -1.13. The Hall–Kier alpha value is -2.26. The molecule has 1 aliphatic heterocycles. The Bertz CT molecular complexity index is 1400. The molecule has 7 nitrogen and oxygen atoms in total. The third-order valence-electron chi connectivity index (χ3n) is 10.8. The molecule has 212 valence electrons. The quantitative estimate of drug-likeness (QED) is 0.450. The van der Waals surface area contributed by atoms with Gasteiger partial charge in [-0.25, -0.2) is 4.98 Å². The fourth-order valence-corrected chi connectivity index (χ4v) is 9.93. The largest absolute Gasteiger partial charge is 0.431 e. The molecule has 4 aliphatic carbocycles. The van der Waals surface area contributed by atoms with Gasteiger partial charge < -0.3 is 19.0 Å². The second kappa shape index (κ2) is 9.38. The highest BCUT2D eigenvalue weighted by molar-refractivity contribution is 7.99. The zero-order chi connectivity index (χ0) is 27.9. The number of oxazole rings is 1. The van der Waals surface area contributed by atoms with Crippen LogP contribution in [0, 0.1) is 28.6 Å². The number of benzene rings is 1. The van der Waals surface area contributed by atoms with Gasteiger partial charge in [-0.1, -0.05) is 62.7 Å². The molecule has 3 saturated carbocycles. The van der Waals surface area contributed by atoms with Crippen molar-refractivity contribution in [2.75, 3.05) is 5.75 Å². The summed E-state index contributed by atoms with van der Waals surface area (Å²) in [5, 5.41) is 12.3. The van der Waals surface area contributed by atoms with E-state index in [1.807, 2.05) is 30.3 Å². The van der Waals surface area contributed by atoms with Crippen molar-refractivity contribution < 1.29 is 28.6 Å². The Labute approximate surface area is 238 Å². The molecule has 0 radical (unpaired) electrons. The normalized spacial score (nSPS) is 41.8. The van der Waals surface area contributed by atoms with Crippen LogP contribution < -0.4 is 0 Å². The number of carbonyl (C=O) groups excluding carboxylic acids is 2. The summed E-state index contributed by atoms with van der Waals surface area (Å²) < 4.78 is 19.2. The van der Waals surface area contributed by atoms with Crippen LogP contribution in [0.1, 0.15) is 59.3 Å². The monoisotopic (exact) mass is 563 g/mol. The standard InChI is InChI=1S/C32H37NO6S/c1-4-7-27-38-26-15-21-20-11-10-18-14-19(34)12-13-30(18,2)28(20)23(35)16-31(21,3)32(26,39-27)25(36)17-40-29-33-22-8-5-6-9-24(22)37-29/h5-6,8-9,12-14,20-21,23,26-28,35H,4,7,10-11,15-17H2,1-3H3/t20?,21?,23-,26+,27?,28?,30?,31?,32+/m0/s1. The predicted molar refractivity (Wildman–Crippen MR) is 151 cm³/mol. The number of ketones is 2. The summed E-state index contributed by atoms with van der Waals surface area (Å²) in [6.07, 6.45) is 8.58. The molecule has 40 heavy (non-hydrogen) atoms. The van der Waals surface area contributed by atoms with Gasteiger partial charge in [-0.2, -0.15) is 0 Å². The number of allylic oxidation sites excluding steroid dienone is 4. The van der Waals surface area contributed by atoms with E-state index in [9.17, 15) is 14.7 Å². The Morgan fingerprint density at radius 3 is 2.88 bits per heavy atom. The molecule has 2 heterocycles. The van der Waals surface area contributed by atoms with Gasteiger partial charge in [0.15, 0.2) is 29.0 Å². The molecule has 7 rings (SSSR count). The minimum absolute atomic E-state index is 0.00947. The van der Waals surface area contributed by atoms with E-state index >= 15 is 0 Å². The molecule has 1 saturated heterocycles. The molecule has 8 heteroatoms. The number of para-hydroxylation sites is 2. The maximum Gasteiger partial charge on any atom is 0.257 e. The Morgan fingerprint density at radius 1 is 1.25 bits per heavy atom. The summed E-state index contributed by atoms with van der Waals surface area (Å²) >= 11 is 1.30. The van der Waals surface area contributed by atoms with Crippen molar-refractivity contribution in [2.45, 2.75) is 88.6 Å². The van der Waals surface area contributed by atoms with Gasteiger partial charge in [0.05, 0.1) is 18.0 Å². The molecule has 4 fully saturated rings. The molecule has 6 unspecified atom stereocenters. The lowest BCUT2D eigenvalue weighted by atomic mass is 9.46. The lowest BCUT2D eigenvalue weighted by molar-refractivity contribution is -0.197. The second-order valence-electron chi connectivity index (χ2n) is 12.8. The van der Waals surface area contributed by atoms with Gasteiger partial charge in [0, 0.05) is 16.7 Å². The van der Waals surface area contributed by atoms with Gasteiger partial charge in [0.25, 0.3) is 5.22 Å². The van der Waals surface area contributed by atoms with Crippen molar-refractivity contribution in [3.8, 4) is 0 Å². The van der Waals surface area contributed by atoms with Gasteiger partial charge in [-0.15, -0.1) is 0 Å². The van der Waals surface area contributed by atoms with E-state index in [0.717, 1.165) is 43.2 Å². The topological polar surface area (TPSA) is 98.9 Å². The molecule has 0 spiro atoms. The van der Waals surface area contributed by atoms with Crippen molar-refractivity contribution in [1.82, 2.24) is 4.98 Å². The van der Waals surface area contributed by atoms with Crippen LogP contribution in [0.25, 0.3) is 11.1 Å². The first-order valence-electron chi connectivity index (χ1n) is 14.7. The van der Waals surface area contributed by atoms with Gasteiger partial charge in [0.1, 0.15) is 5.52 Å². The summed E-state index contributed by atoms with van der Waals surface area (Å²) in [7, 11) is 0. The van der Waals surface area contributed by atoms with E-state index in [0.29, 0.717) is 17.2 Å². The first-order valence-corrected chi connectivity index (χ1v) is 15.7. The van der Waals surface area contributed by atoms with E-state index in [4.69, 9.17) is 13.9 Å². The number of aromatic nitrogens is 1. The first-order chi connectivity index (χ1) is 19.2. The number of carbonyl (C=O) groups is 2. The highest BCUT2D eigenvalue weighted by atomic mass is 32.2. The number of aliphatic hydroxyl groups excluding tert-OH is 1. The van der Waals surface area contributed by atoms with Crippen molar-refractivity contribution in [2.24, 2.45) is 28.6 Å². The Morgan fingerprint density at radius 2 is 2.08 bits per heavy atom. The average molecular weight is 564 g/mol. The number of thioether (sulfide) groups is 1. The van der Waals surface area contributed by atoms with Gasteiger partial charge in [-0.3, -0.25) is 9.59 Å². The third kappa shape index (κ3) is 3.65. The number of aliphatic hydroxyl groups is 1. The highest BCUT2D eigenvalue weighted by Crippen LogP contribution is 2.69. The number of fused-ring (bicyclic) bond motifs is 8. The second-order valence-corrected chi connectivity index (χ2v) is 13.7. The zero-order valence-electron chi connectivity index (χ0n) is 23.3. The SMILES string of the molecule is CCCC1O[C@@H]2CC3C4CCC5=CC(=O)C=CC5(C)C4[C@@H](O)CC3(C)[C@]2(C(=O)CSc2nc3ccccc3o2)O1. The van der Waals surface area contributed by atoms with Crippen LogP contribution in [-0.4, -0.2) is 51.5 Å². The van der Waals surface area contributed by atoms with E-state index in [-0.39, 0.29) is 46.6 Å². The fraction of sp³-hybridized carbons (Fsp3) is 0.594. The van der Waals surface area contributed by atoms with Crippen LogP contribution in [0.3, 0.4) is 0 Å². The molecule has 0 bridgehead atoms. The molecule has 0 amide bonds. The van der Waals surface area contributed by atoms with Crippen molar-refractivity contribution in [1.29, 1.82) is 0 Å². The van der Waals surface area contributed by atoms with E-state index < -0.39 is 23.4 Å². The summed E-state index contributed by atoms with van der Waals surface area (Å²) in [5.74, 6) is 0.530. The summed E-state index contributed by atoms with van der Waals surface area (Å²) in [4.78, 5) is 31.1. The van der Waals surface area contributed by atoms with Crippen LogP contribution in [0.15, 0.2) is 57.7 Å². The molecule has 5 aliphatic rings. The smallest absolute Gasteiger partial charge is 0.257 e. The Kier molecular flexibility index (Phi) is 6.24.